The van der Waals surface area contributed by atoms with Crippen LogP contribution >= 0.6 is 0 Å². The number of ether oxygens (including phenoxy) is 1. The predicted octanol–water partition coefficient (Wildman–Crippen LogP) is 1.68. The molecule has 0 fully saturated rings. The van der Waals surface area contributed by atoms with Gasteiger partial charge in [0.05, 0.1) is 6.61 Å². The maximum absolute atomic E-state index is 12.2. The number of hydrogen-bond donors (Lipinski definition) is 3. The van der Waals surface area contributed by atoms with Gasteiger partial charge in [0.1, 0.15) is 11.5 Å². The Balaban J connectivity index is 2.23. The Kier molecular flexibility index (Phi) is 5.08. The van der Waals surface area contributed by atoms with Gasteiger partial charge in [-0.15, -0.1) is 0 Å². The number of nitrogens with two attached hydrogens (primary N) is 1. The highest BCUT2D eigenvalue weighted by molar-refractivity contribution is 6.00. The molecule has 0 aliphatic rings. The number of anilines is 1. The van der Waals surface area contributed by atoms with Gasteiger partial charge < -0.3 is 15.5 Å². The quantitative estimate of drug-likeness (QED) is 0.556. The molecule has 112 valence electrons. The molecule has 4 N–H and O–H groups in total. The van der Waals surface area contributed by atoms with Crippen molar-refractivity contribution < 1.29 is 9.53 Å². The van der Waals surface area contributed by atoms with E-state index in [1.54, 1.807) is 6.07 Å². The van der Waals surface area contributed by atoms with Gasteiger partial charge in [-0.2, -0.15) is 0 Å². The minimum absolute atomic E-state index is 0.0833. The molecule has 0 aliphatic heterocycles. The zero-order chi connectivity index (χ0) is 15.2. The average Bonchev–Trinajstić information content (AvgIpc) is 2.51. The first-order chi connectivity index (χ1) is 10.2. The molecule has 2 rings (SSSR count). The van der Waals surface area contributed by atoms with Crippen molar-refractivity contribution in [3.63, 3.8) is 0 Å². The minimum Gasteiger partial charge on any atom is -0.380 e. The second-order valence-electron chi connectivity index (χ2n) is 4.76. The van der Waals surface area contributed by atoms with Crippen molar-refractivity contribution in [3.8, 4) is 0 Å². The van der Waals surface area contributed by atoms with Gasteiger partial charge in [-0.3, -0.25) is 4.79 Å². The second kappa shape index (κ2) is 7.01. The smallest absolute Gasteiger partial charge is 0.270 e. The monoisotopic (exact) mass is 288 g/mol. The van der Waals surface area contributed by atoms with Crippen molar-refractivity contribution in [1.29, 1.82) is 0 Å². The number of nitrogen functional groups attached to an aromatic ring is 1. The molecule has 1 unspecified atom stereocenters. The number of amides is 1. The van der Waals surface area contributed by atoms with Crippen LogP contribution in [0.2, 0.25) is 0 Å². The van der Waals surface area contributed by atoms with E-state index < -0.39 is 0 Å². The summed E-state index contributed by atoms with van der Waals surface area (Å²) >= 11 is 0. The van der Waals surface area contributed by atoms with Crippen molar-refractivity contribution in [2.75, 3.05) is 18.6 Å². The van der Waals surface area contributed by atoms with Crippen LogP contribution in [0.1, 0.15) is 24.3 Å². The highest BCUT2D eigenvalue weighted by atomic mass is 16.5. The first-order valence-corrected chi connectivity index (χ1v) is 6.90. The van der Waals surface area contributed by atoms with E-state index in [0.717, 1.165) is 10.8 Å². The zero-order valence-corrected chi connectivity index (χ0v) is 12.2. The SMILES string of the molecule is CCOCC(C)NC(=O)c1cc2ccccc2c(NN)n1. The van der Waals surface area contributed by atoms with Gasteiger partial charge in [0.2, 0.25) is 0 Å². The van der Waals surface area contributed by atoms with Crippen molar-refractivity contribution in [2.24, 2.45) is 5.84 Å². The number of carbonyl (C=O) groups is 1. The summed E-state index contributed by atoms with van der Waals surface area (Å²) in [7, 11) is 0. The average molecular weight is 288 g/mol. The van der Waals surface area contributed by atoms with Gasteiger partial charge in [-0.25, -0.2) is 10.8 Å². The van der Waals surface area contributed by atoms with E-state index in [9.17, 15) is 4.79 Å². The largest absolute Gasteiger partial charge is 0.380 e. The van der Waals surface area contributed by atoms with Gasteiger partial charge in [-0.05, 0) is 25.3 Å². The summed E-state index contributed by atoms with van der Waals surface area (Å²) in [4.78, 5) is 16.5. The standard InChI is InChI=1S/C15H20N4O2/c1-3-21-9-10(2)17-15(20)13-8-11-6-4-5-7-12(11)14(18-13)19-16/h4-8,10H,3,9,16H2,1-2H3,(H,17,20)(H,18,19). The van der Waals surface area contributed by atoms with Gasteiger partial charge in [0.25, 0.3) is 5.91 Å². The number of carbonyl (C=O) groups excluding carboxylic acids is 1. The molecule has 0 saturated heterocycles. The maximum Gasteiger partial charge on any atom is 0.270 e. The third-order valence-electron chi connectivity index (χ3n) is 3.06. The summed E-state index contributed by atoms with van der Waals surface area (Å²) in [5.41, 5.74) is 2.86. The van der Waals surface area contributed by atoms with Crippen LogP contribution in [0, 0.1) is 0 Å². The molecular weight excluding hydrogens is 268 g/mol. The number of nitrogens with one attached hydrogen (secondary N) is 2. The van der Waals surface area contributed by atoms with Crippen LogP contribution in [0.15, 0.2) is 30.3 Å². The Labute approximate surface area is 123 Å². The lowest BCUT2D eigenvalue weighted by atomic mass is 10.1. The van der Waals surface area contributed by atoms with E-state index in [2.05, 4.69) is 15.7 Å². The first-order valence-electron chi connectivity index (χ1n) is 6.90. The Hall–Kier alpha value is -2.18. The van der Waals surface area contributed by atoms with Gasteiger partial charge in [0.15, 0.2) is 0 Å². The number of pyridine rings is 1. The number of hydrazine groups is 1. The predicted molar refractivity (Wildman–Crippen MR) is 83.0 cm³/mol. The van der Waals surface area contributed by atoms with E-state index in [4.69, 9.17) is 10.6 Å². The molecule has 1 atom stereocenters. The van der Waals surface area contributed by atoms with Crippen LogP contribution in [0.3, 0.4) is 0 Å². The highest BCUT2D eigenvalue weighted by Crippen LogP contribution is 2.21. The van der Waals surface area contributed by atoms with Crippen LogP contribution in [-0.2, 0) is 4.74 Å². The number of hydrogen-bond acceptors (Lipinski definition) is 5. The fraction of sp³-hybridized carbons (Fsp3) is 0.333. The van der Waals surface area contributed by atoms with Crippen LogP contribution in [0.4, 0.5) is 5.82 Å². The molecule has 0 bridgehead atoms. The lowest BCUT2D eigenvalue weighted by Gasteiger charge is -2.14. The Morgan fingerprint density at radius 3 is 2.90 bits per heavy atom. The number of rotatable bonds is 6. The molecule has 0 saturated carbocycles. The molecule has 1 heterocycles. The summed E-state index contributed by atoms with van der Waals surface area (Å²) in [5, 5.41) is 4.63. The third-order valence-corrected chi connectivity index (χ3v) is 3.06. The van der Waals surface area contributed by atoms with E-state index in [0.29, 0.717) is 24.7 Å². The maximum atomic E-state index is 12.2. The highest BCUT2D eigenvalue weighted by Gasteiger charge is 2.14. The number of aromatic nitrogens is 1. The first kappa shape index (κ1) is 15.2. The van der Waals surface area contributed by atoms with Crippen LogP contribution in [0.25, 0.3) is 10.8 Å². The lowest BCUT2D eigenvalue weighted by Crippen LogP contribution is -2.36. The molecular formula is C15H20N4O2. The summed E-state index contributed by atoms with van der Waals surface area (Å²) in [6.07, 6.45) is 0. The van der Waals surface area contributed by atoms with Crippen molar-refractivity contribution in [1.82, 2.24) is 10.3 Å². The summed E-state index contributed by atoms with van der Waals surface area (Å²) in [5.74, 6) is 5.72. The third kappa shape index (κ3) is 3.68. The van der Waals surface area contributed by atoms with Crippen LogP contribution in [-0.4, -0.2) is 30.1 Å². The fourth-order valence-electron chi connectivity index (χ4n) is 2.06. The lowest BCUT2D eigenvalue weighted by molar-refractivity contribution is 0.0867. The molecule has 6 heteroatoms. The fourth-order valence-corrected chi connectivity index (χ4v) is 2.06. The second-order valence-corrected chi connectivity index (χ2v) is 4.76. The summed E-state index contributed by atoms with van der Waals surface area (Å²) in [6, 6.07) is 9.28. The van der Waals surface area contributed by atoms with Crippen LogP contribution < -0.4 is 16.6 Å². The molecule has 0 spiro atoms. The topological polar surface area (TPSA) is 89.3 Å². The number of fused-ring (bicyclic) bond motifs is 1. The molecule has 0 radical (unpaired) electrons. The summed E-state index contributed by atoms with van der Waals surface area (Å²) < 4.78 is 5.28. The van der Waals surface area contributed by atoms with E-state index in [1.165, 1.54) is 0 Å². The number of benzene rings is 1. The Morgan fingerprint density at radius 1 is 1.43 bits per heavy atom. The van der Waals surface area contributed by atoms with E-state index in [1.807, 2.05) is 38.1 Å². The minimum atomic E-state index is -0.246. The molecule has 1 amide bonds. The van der Waals surface area contributed by atoms with Crippen molar-refractivity contribution in [3.05, 3.63) is 36.0 Å². The van der Waals surface area contributed by atoms with Crippen LogP contribution in [0.5, 0.6) is 0 Å². The molecule has 1 aromatic heterocycles. The van der Waals surface area contributed by atoms with E-state index >= 15 is 0 Å². The molecule has 0 aliphatic carbocycles. The van der Waals surface area contributed by atoms with E-state index in [-0.39, 0.29) is 11.9 Å². The molecule has 6 nitrogen and oxygen atoms in total. The zero-order valence-electron chi connectivity index (χ0n) is 12.2. The molecule has 1 aromatic carbocycles. The van der Waals surface area contributed by atoms with Gasteiger partial charge >= 0.3 is 0 Å². The Morgan fingerprint density at radius 2 is 2.19 bits per heavy atom. The van der Waals surface area contributed by atoms with Crippen molar-refractivity contribution >= 4 is 22.5 Å². The van der Waals surface area contributed by atoms with Gasteiger partial charge in [-0.1, -0.05) is 24.3 Å². The molecule has 21 heavy (non-hydrogen) atoms. The number of nitrogens with zero attached hydrogens (tertiary/aromatic N) is 1. The summed E-state index contributed by atoms with van der Waals surface area (Å²) in [6.45, 7) is 4.89. The normalized spacial score (nSPS) is 12.1. The molecule has 2 aromatic rings. The van der Waals surface area contributed by atoms with Crippen molar-refractivity contribution in [2.45, 2.75) is 19.9 Å². The van der Waals surface area contributed by atoms with Gasteiger partial charge in [0, 0.05) is 18.0 Å². The Bertz CT molecular complexity index is 630.